The molecule has 1 aromatic rings. The van der Waals surface area contributed by atoms with E-state index in [0.717, 1.165) is 45.6 Å². The third-order valence-corrected chi connectivity index (χ3v) is 4.80. The minimum absolute atomic E-state index is 0.306. The molecule has 0 bridgehead atoms. The molecule has 0 radical (unpaired) electrons. The monoisotopic (exact) mass is 289 g/mol. The summed E-state index contributed by atoms with van der Waals surface area (Å²) >= 11 is 0. The van der Waals surface area contributed by atoms with E-state index in [1.54, 1.807) is 0 Å². The van der Waals surface area contributed by atoms with Gasteiger partial charge in [0.2, 0.25) is 0 Å². The maximum Gasteiger partial charge on any atom is 0.303 e. The molecule has 0 spiro atoms. The van der Waals surface area contributed by atoms with Crippen molar-refractivity contribution in [1.29, 1.82) is 0 Å². The fraction of sp³-hybridized carbons (Fsp3) is 0.588. The SMILES string of the molecule is O=C(O)CCC1CCN(C2COCc3ccccc32)CC1. The lowest BCUT2D eigenvalue weighted by Gasteiger charge is -2.40. The molecule has 2 heterocycles. The molecule has 0 aliphatic carbocycles. The van der Waals surface area contributed by atoms with Crippen LogP contribution in [0.15, 0.2) is 24.3 Å². The largest absolute Gasteiger partial charge is 0.481 e. The minimum Gasteiger partial charge on any atom is -0.481 e. The Labute approximate surface area is 125 Å². The van der Waals surface area contributed by atoms with Crippen LogP contribution in [0.4, 0.5) is 0 Å². The lowest BCUT2D eigenvalue weighted by Crippen LogP contribution is -2.40. The van der Waals surface area contributed by atoms with Crippen molar-refractivity contribution in [3.8, 4) is 0 Å². The Kier molecular flexibility index (Phi) is 4.56. The first-order valence-electron chi connectivity index (χ1n) is 7.85. The van der Waals surface area contributed by atoms with E-state index >= 15 is 0 Å². The maximum absolute atomic E-state index is 10.7. The number of rotatable bonds is 4. The number of nitrogens with zero attached hydrogens (tertiary/aromatic N) is 1. The number of likely N-dealkylation sites (tertiary alicyclic amines) is 1. The van der Waals surface area contributed by atoms with Crippen molar-refractivity contribution in [1.82, 2.24) is 4.90 Å². The van der Waals surface area contributed by atoms with E-state index in [1.165, 1.54) is 11.1 Å². The Balaban J connectivity index is 1.59. The summed E-state index contributed by atoms with van der Waals surface area (Å²) in [6.07, 6.45) is 3.33. The van der Waals surface area contributed by atoms with Gasteiger partial charge >= 0.3 is 5.97 Å². The van der Waals surface area contributed by atoms with E-state index in [-0.39, 0.29) is 0 Å². The highest BCUT2D eigenvalue weighted by molar-refractivity contribution is 5.66. The Morgan fingerprint density at radius 3 is 2.81 bits per heavy atom. The van der Waals surface area contributed by atoms with Crippen LogP contribution in [-0.2, 0) is 16.1 Å². The van der Waals surface area contributed by atoms with Crippen molar-refractivity contribution in [2.45, 2.75) is 38.3 Å². The van der Waals surface area contributed by atoms with Gasteiger partial charge in [-0.2, -0.15) is 0 Å². The fourth-order valence-electron chi connectivity index (χ4n) is 3.54. The summed E-state index contributed by atoms with van der Waals surface area (Å²) in [6, 6.07) is 8.93. The number of hydrogen-bond acceptors (Lipinski definition) is 3. The van der Waals surface area contributed by atoms with Gasteiger partial charge in [0.05, 0.1) is 19.3 Å². The molecule has 3 rings (SSSR count). The first kappa shape index (κ1) is 14.5. The highest BCUT2D eigenvalue weighted by Crippen LogP contribution is 2.33. The smallest absolute Gasteiger partial charge is 0.303 e. The molecule has 0 aromatic heterocycles. The van der Waals surface area contributed by atoms with Crippen LogP contribution in [0.1, 0.15) is 42.9 Å². The van der Waals surface area contributed by atoms with Gasteiger partial charge in [-0.1, -0.05) is 24.3 Å². The number of carboxylic acids is 1. The molecule has 0 saturated carbocycles. The summed E-state index contributed by atoms with van der Waals surface area (Å²) in [5, 5.41) is 8.78. The quantitative estimate of drug-likeness (QED) is 0.926. The first-order valence-corrected chi connectivity index (χ1v) is 7.85. The standard InChI is InChI=1S/C17H23NO3/c19-17(20)6-5-13-7-9-18(10-8-13)16-12-21-11-14-3-1-2-4-15(14)16/h1-4,13,16H,5-12H2,(H,19,20). The second kappa shape index (κ2) is 6.58. The molecule has 4 heteroatoms. The Morgan fingerprint density at radius 2 is 2.05 bits per heavy atom. The van der Waals surface area contributed by atoms with E-state index in [2.05, 4.69) is 29.2 Å². The van der Waals surface area contributed by atoms with E-state index in [4.69, 9.17) is 9.84 Å². The van der Waals surface area contributed by atoms with Crippen LogP contribution < -0.4 is 0 Å². The van der Waals surface area contributed by atoms with Crippen LogP contribution in [-0.4, -0.2) is 35.7 Å². The van der Waals surface area contributed by atoms with E-state index in [1.807, 2.05) is 0 Å². The van der Waals surface area contributed by atoms with Gasteiger partial charge in [-0.25, -0.2) is 0 Å². The molecule has 1 aromatic carbocycles. The van der Waals surface area contributed by atoms with Crippen LogP contribution in [0.2, 0.25) is 0 Å². The summed E-state index contributed by atoms with van der Waals surface area (Å²) in [5.74, 6) is -0.107. The molecule has 1 N–H and O–H groups in total. The number of carbonyl (C=O) groups is 1. The van der Waals surface area contributed by atoms with Crippen LogP contribution in [0.5, 0.6) is 0 Å². The second-order valence-electron chi connectivity index (χ2n) is 6.14. The van der Waals surface area contributed by atoms with Crippen molar-refractivity contribution in [2.24, 2.45) is 5.92 Å². The van der Waals surface area contributed by atoms with Gasteiger partial charge in [0.25, 0.3) is 0 Å². The third kappa shape index (κ3) is 3.44. The zero-order valence-corrected chi connectivity index (χ0v) is 12.3. The molecule has 1 fully saturated rings. The van der Waals surface area contributed by atoms with Crippen LogP contribution in [0.25, 0.3) is 0 Å². The van der Waals surface area contributed by atoms with E-state index in [9.17, 15) is 4.79 Å². The lowest BCUT2D eigenvalue weighted by molar-refractivity contribution is -0.137. The van der Waals surface area contributed by atoms with E-state index < -0.39 is 5.97 Å². The molecule has 1 atom stereocenters. The van der Waals surface area contributed by atoms with Crippen molar-refractivity contribution in [3.05, 3.63) is 35.4 Å². The normalized spacial score (nSPS) is 23.7. The van der Waals surface area contributed by atoms with Gasteiger partial charge in [0.1, 0.15) is 0 Å². The maximum atomic E-state index is 10.7. The number of hydrogen-bond donors (Lipinski definition) is 1. The van der Waals surface area contributed by atoms with Gasteiger partial charge in [-0.05, 0) is 49.4 Å². The highest BCUT2D eigenvalue weighted by atomic mass is 16.5. The number of aliphatic carboxylic acids is 1. The number of ether oxygens (including phenoxy) is 1. The number of benzene rings is 1. The fourth-order valence-corrected chi connectivity index (χ4v) is 3.54. The zero-order valence-electron chi connectivity index (χ0n) is 12.3. The minimum atomic E-state index is -0.674. The molecular weight excluding hydrogens is 266 g/mol. The van der Waals surface area contributed by atoms with Crippen LogP contribution in [0.3, 0.4) is 0 Å². The van der Waals surface area contributed by atoms with Gasteiger partial charge in [0.15, 0.2) is 0 Å². The Morgan fingerprint density at radius 1 is 1.29 bits per heavy atom. The number of fused-ring (bicyclic) bond motifs is 1. The molecule has 114 valence electrons. The number of carboxylic acid groups (broad SMARTS) is 1. The molecule has 2 aliphatic heterocycles. The van der Waals surface area contributed by atoms with Gasteiger partial charge in [0, 0.05) is 6.42 Å². The van der Waals surface area contributed by atoms with E-state index in [0.29, 0.717) is 18.4 Å². The first-order chi connectivity index (χ1) is 10.2. The van der Waals surface area contributed by atoms with Gasteiger partial charge < -0.3 is 9.84 Å². The van der Waals surface area contributed by atoms with Crippen molar-refractivity contribution >= 4 is 5.97 Å². The average Bonchev–Trinajstić information content (AvgIpc) is 2.53. The average molecular weight is 289 g/mol. The summed E-state index contributed by atoms with van der Waals surface area (Å²) in [7, 11) is 0. The van der Waals surface area contributed by atoms with Crippen LogP contribution in [0, 0.1) is 5.92 Å². The molecular formula is C17H23NO3. The summed E-state index contributed by atoms with van der Waals surface area (Å²) < 4.78 is 5.75. The molecule has 1 saturated heterocycles. The zero-order chi connectivity index (χ0) is 14.7. The lowest BCUT2D eigenvalue weighted by atomic mass is 9.89. The van der Waals surface area contributed by atoms with Crippen molar-refractivity contribution in [3.63, 3.8) is 0 Å². The van der Waals surface area contributed by atoms with Gasteiger partial charge in [-0.3, -0.25) is 9.69 Å². The molecule has 21 heavy (non-hydrogen) atoms. The number of piperidine rings is 1. The summed E-state index contributed by atoms with van der Waals surface area (Å²) in [4.78, 5) is 13.2. The summed E-state index contributed by atoms with van der Waals surface area (Å²) in [6.45, 7) is 3.60. The predicted molar refractivity (Wildman–Crippen MR) is 80.0 cm³/mol. The third-order valence-electron chi connectivity index (χ3n) is 4.80. The summed E-state index contributed by atoms with van der Waals surface area (Å²) in [5.41, 5.74) is 2.72. The molecule has 1 unspecified atom stereocenters. The topological polar surface area (TPSA) is 49.8 Å². The Bertz CT molecular complexity index is 495. The predicted octanol–water partition coefficient (Wildman–Crippen LogP) is 2.83. The molecule has 2 aliphatic rings. The van der Waals surface area contributed by atoms with Gasteiger partial charge in [-0.15, -0.1) is 0 Å². The van der Waals surface area contributed by atoms with Crippen molar-refractivity contribution < 1.29 is 14.6 Å². The second-order valence-corrected chi connectivity index (χ2v) is 6.14. The van der Waals surface area contributed by atoms with Crippen LogP contribution >= 0.6 is 0 Å². The highest BCUT2D eigenvalue weighted by Gasteiger charge is 2.29. The Hall–Kier alpha value is -1.39. The molecule has 0 amide bonds. The molecule has 4 nitrogen and oxygen atoms in total. The van der Waals surface area contributed by atoms with Crippen molar-refractivity contribution in [2.75, 3.05) is 19.7 Å².